The first-order valence-electron chi connectivity index (χ1n) is 13.4. The second-order valence-electron chi connectivity index (χ2n) is 10.2. The highest BCUT2D eigenvalue weighted by molar-refractivity contribution is 6.32. The van der Waals surface area contributed by atoms with Crippen molar-refractivity contribution < 1.29 is 9.59 Å². The highest BCUT2D eigenvalue weighted by Gasteiger charge is 2.26. The number of amides is 2. The molecule has 1 aliphatic carbocycles. The zero-order valence-corrected chi connectivity index (χ0v) is 23.4. The van der Waals surface area contributed by atoms with E-state index in [2.05, 4.69) is 37.7 Å². The van der Waals surface area contributed by atoms with Crippen molar-refractivity contribution in [2.24, 2.45) is 0 Å². The van der Waals surface area contributed by atoms with Gasteiger partial charge >= 0.3 is 0 Å². The van der Waals surface area contributed by atoms with Gasteiger partial charge in [0, 0.05) is 54.1 Å². The van der Waals surface area contributed by atoms with Crippen molar-refractivity contribution in [1.82, 2.24) is 29.7 Å². The number of carbonyl (C=O) groups is 2. The lowest BCUT2D eigenvalue weighted by molar-refractivity contribution is -0.111. The molecule has 2 amide bonds. The number of anilines is 2. The first kappa shape index (κ1) is 27.5. The third-order valence-corrected chi connectivity index (χ3v) is 7.12. The molecule has 0 unspecified atom stereocenters. The van der Waals surface area contributed by atoms with Gasteiger partial charge in [-0.05, 0) is 51.9 Å². The lowest BCUT2D eigenvalue weighted by Gasteiger charge is -2.33. The van der Waals surface area contributed by atoms with Crippen molar-refractivity contribution in [2.45, 2.75) is 31.7 Å². The van der Waals surface area contributed by atoms with Gasteiger partial charge < -0.3 is 25.4 Å². The molecule has 208 valence electrons. The van der Waals surface area contributed by atoms with E-state index in [1.54, 1.807) is 29.3 Å². The number of piperidine rings is 1. The molecule has 2 aliphatic rings. The molecule has 3 N–H and O–H groups in total. The molecule has 10 nitrogen and oxygen atoms in total. The highest BCUT2D eigenvalue weighted by atomic mass is 35.5. The van der Waals surface area contributed by atoms with Gasteiger partial charge in [0.2, 0.25) is 11.9 Å². The Bertz CT molecular complexity index is 1530. The van der Waals surface area contributed by atoms with Crippen molar-refractivity contribution in [2.75, 3.05) is 44.4 Å². The predicted molar refractivity (Wildman–Crippen MR) is 157 cm³/mol. The van der Waals surface area contributed by atoms with Gasteiger partial charge in [0.25, 0.3) is 5.91 Å². The van der Waals surface area contributed by atoms with Gasteiger partial charge in [-0.15, -0.1) is 0 Å². The Morgan fingerprint density at radius 3 is 2.85 bits per heavy atom. The van der Waals surface area contributed by atoms with E-state index in [9.17, 15) is 9.59 Å². The van der Waals surface area contributed by atoms with Crippen LogP contribution in [-0.2, 0) is 4.79 Å². The highest BCUT2D eigenvalue weighted by Crippen LogP contribution is 2.25. The van der Waals surface area contributed by atoms with Gasteiger partial charge in [-0.3, -0.25) is 9.59 Å². The SMILES string of the molecule is CN(C)C/C=C/C(=O)Nc1ccc(C(=O)N2CCC[C@@H](Nc3ncc(Cl)c(-c4c[nH]c5c4=CCCC=5)n3)C2)nc1. The molecule has 1 saturated heterocycles. The van der Waals surface area contributed by atoms with Crippen LogP contribution in [0.25, 0.3) is 23.4 Å². The maximum Gasteiger partial charge on any atom is 0.272 e. The number of fused-ring (bicyclic) bond motifs is 1. The van der Waals surface area contributed by atoms with E-state index in [4.69, 9.17) is 16.6 Å². The molecule has 0 aromatic carbocycles. The molecule has 1 aliphatic heterocycles. The van der Waals surface area contributed by atoms with Crippen LogP contribution in [0.3, 0.4) is 0 Å². The Morgan fingerprint density at radius 1 is 1.20 bits per heavy atom. The summed E-state index contributed by atoms with van der Waals surface area (Å²) in [7, 11) is 3.86. The minimum absolute atomic E-state index is 0.0146. The van der Waals surface area contributed by atoms with Crippen LogP contribution in [0, 0.1) is 0 Å². The number of pyridine rings is 1. The quantitative estimate of drug-likeness (QED) is 0.362. The minimum atomic E-state index is -0.242. The smallest absolute Gasteiger partial charge is 0.272 e. The van der Waals surface area contributed by atoms with E-state index >= 15 is 0 Å². The lowest BCUT2D eigenvalue weighted by Crippen LogP contribution is -2.45. The Morgan fingerprint density at radius 2 is 2.05 bits per heavy atom. The fourth-order valence-electron chi connectivity index (χ4n) is 4.89. The number of hydrogen-bond donors (Lipinski definition) is 3. The standard InChI is InChI=1S/C29H33ClN8O2/c1-37(2)13-6-10-26(39)34-19-11-12-25(31-15-19)28(40)38-14-5-7-20(18-38)35-29-33-17-23(30)27(36-29)22-16-32-24-9-4-3-8-21(22)24/h6,8-12,15-17,20,32H,3-5,7,13-14,18H2,1-2H3,(H,34,39)(H,33,35,36)/b10-6+/t20-/m1/s1. The van der Waals surface area contributed by atoms with Crippen LogP contribution < -0.4 is 21.2 Å². The molecule has 0 bridgehead atoms. The van der Waals surface area contributed by atoms with Crippen LogP contribution in [0.15, 0.2) is 42.9 Å². The van der Waals surface area contributed by atoms with Crippen LogP contribution in [0.2, 0.25) is 5.02 Å². The molecule has 1 fully saturated rings. The predicted octanol–water partition coefficient (Wildman–Crippen LogP) is 2.65. The normalized spacial score (nSPS) is 16.8. The molecule has 0 spiro atoms. The number of hydrogen-bond acceptors (Lipinski definition) is 7. The Kier molecular flexibility index (Phi) is 8.57. The molecule has 3 aromatic heterocycles. The maximum atomic E-state index is 13.2. The second kappa shape index (κ2) is 12.4. The number of nitrogens with zero attached hydrogens (tertiary/aromatic N) is 5. The van der Waals surface area contributed by atoms with Gasteiger partial charge in [0.15, 0.2) is 0 Å². The van der Waals surface area contributed by atoms with Crippen LogP contribution >= 0.6 is 11.6 Å². The van der Waals surface area contributed by atoms with E-state index in [1.807, 2.05) is 25.2 Å². The number of likely N-dealkylation sites (N-methyl/N-ethyl adjacent to an activating group) is 1. The molecule has 11 heteroatoms. The van der Waals surface area contributed by atoms with Crippen LogP contribution in [0.5, 0.6) is 0 Å². The Balaban J connectivity index is 1.22. The number of carbonyl (C=O) groups excluding carboxylic acids is 2. The number of aromatic nitrogens is 4. The van der Waals surface area contributed by atoms with Crippen molar-refractivity contribution in [3.8, 4) is 11.3 Å². The van der Waals surface area contributed by atoms with Gasteiger partial charge in [-0.2, -0.15) is 0 Å². The number of halogens is 1. The number of nitrogens with one attached hydrogen (secondary N) is 3. The average Bonchev–Trinajstić information content (AvgIpc) is 3.38. The summed E-state index contributed by atoms with van der Waals surface area (Å²) >= 11 is 6.50. The minimum Gasteiger partial charge on any atom is -0.361 e. The fourth-order valence-corrected chi connectivity index (χ4v) is 5.08. The topological polar surface area (TPSA) is 119 Å². The van der Waals surface area contributed by atoms with Gasteiger partial charge in [0.05, 0.1) is 28.8 Å². The van der Waals surface area contributed by atoms with Crippen molar-refractivity contribution in [3.05, 3.63) is 64.2 Å². The number of likely N-dealkylation sites (tertiary alicyclic amines) is 1. The van der Waals surface area contributed by atoms with Crippen LogP contribution in [-0.4, -0.2) is 81.3 Å². The van der Waals surface area contributed by atoms with Gasteiger partial charge in [-0.1, -0.05) is 29.8 Å². The summed E-state index contributed by atoms with van der Waals surface area (Å²) < 4.78 is 0. The number of rotatable bonds is 8. The molecule has 3 aromatic rings. The molecular weight excluding hydrogens is 528 g/mol. The van der Waals surface area contributed by atoms with Crippen LogP contribution in [0.4, 0.5) is 11.6 Å². The molecular formula is C29H33ClN8O2. The Hall–Kier alpha value is -4.02. The molecule has 40 heavy (non-hydrogen) atoms. The molecule has 5 rings (SSSR count). The largest absolute Gasteiger partial charge is 0.361 e. The average molecular weight is 561 g/mol. The van der Waals surface area contributed by atoms with Crippen LogP contribution in [0.1, 0.15) is 36.2 Å². The van der Waals surface area contributed by atoms with Gasteiger partial charge in [-0.25, -0.2) is 15.0 Å². The summed E-state index contributed by atoms with van der Waals surface area (Å²) in [5, 5.41) is 8.86. The monoisotopic (exact) mass is 560 g/mol. The first-order chi connectivity index (χ1) is 19.4. The molecule has 0 saturated carbocycles. The summed E-state index contributed by atoms with van der Waals surface area (Å²) in [5.74, 6) is 0.0816. The van der Waals surface area contributed by atoms with E-state index < -0.39 is 0 Å². The number of H-pyrrole nitrogens is 1. The van der Waals surface area contributed by atoms with Crippen molar-refractivity contribution >= 4 is 47.2 Å². The van der Waals surface area contributed by atoms with Crippen molar-refractivity contribution in [1.29, 1.82) is 0 Å². The molecule has 4 heterocycles. The first-order valence-corrected chi connectivity index (χ1v) is 13.8. The van der Waals surface area contributed by atoms with E-state index in [0.29, 0.717) is 47.7 Å². The summed E-state index contributed by atoms with van der Waals surface area (Å²) in [6, 6.07) is 3.31. The Labute approximate surface area is 237 Å². The summed E-state index contributed by atoms with van der Waals surface area (Å²) in [4.78, 5) is 45.8. The molecule has 1 atom stereocenters. The molecule has 0 radical (unpaired) electrons. The lowest BCUT2D eigenvalue weighted by atomic mass is 10.1. The zero-order chi connectivity index (χ0) is 28.1. The second-order valence-corrected chi connectivity index (χ2v) is 10.6. The van der Waals surface area contributed by atoms with E-state index in [-0.39, 0.29) is 17.9 Å². The third-order valence-electron chi connectivity index (χ3n) is 6.85. The third kappa shape index (κ3) is 6.57. The summed E-state index contributed by atoms with van der Waals surface area (Å²) in [6.45, 7) is 1.81. The fraction of sp³-hybridized carbons (Fsp3) is 0.345. The maximum absolute atomic E-state index is 13.2. The van der Waals surface area contributed by atoms with E-state index in [1.165, 1.54) is 12.3 Å². The van der Waals surface area contributed by atoms with Gasteiger partial charge in [0.1, 0.15) is 5.69 Å². The summed E-state index contributed by atoms with van der Waals surface area (Å²) in [6.07, 6.45) is 16.4. The van der Waals surface area contributed by atoms with E-state index in [0.717, 1.165) is 41.8 Å². The van der Waals surface area contributed by atoms with Crippen molar-refractivity contribution in [3.63, 3.8) is 0 Å². The number of aromatic amines is 1. The zero-order valence-electron chi connectivity index (χ0n) is 22.7. The summed E-state index contributed by atoms with van der Waals surface area (Å²) in [5.41, 5.74) is 2.50.